The summed E-state index contributed by atoms with van der Waals surface area (Å²) in [4.78, 5) is 27.0. The van der Waals surface area contributed by atoms with Crippen LogP contribution in [0.5, 0.6) is 0 Å². The fourth-order valence-electron chi connectivity index (χ4n) is 5.31. The highest BCUT2D eigenvalue weighted by atomic mass is 35.5. The fourth-order valence-corrected chi connectivity index (χ4v) is 5.54. The van der Waals surface area contributed by atoms with Crippen molar-refractivity contribution in [2.75, 3.05) is 0 Å². The van der Waals surface area contributed by atoms with Crippen molar-refractivity contribution in [3.63, 3.8) is 0 Å². The third-order valence-corrected chi connectivity index (χ3v) is 7.28. The molecule has 0 bridgehead atoms. The predicted molar refractivity (Wildman–Crippen MR) is 141 cm³/mol. The maximum atomic E-state index is 13.6. The molecule has 0 radical (unpaired) electrons. The van der Waals surface area contributed by atoms with Gasteiger partial charge in [-0.05, 0) is 103 Å². The van der Waals surface area contributed by atoms with E-state index in [4.69, 9.17) is 21.1 Å². The van der Waals surface area contributed by atoms with Gasteiger partial charge in [0.15, 0.2) is 0 Å². The summed E-state index contributed by atoms with van der Waals surface area (Å²) in [6.45, 7) is 11.3. The molecule has 2 heterocycles. The number of hydrogen-bond acceptors (Lipinski definition) is 5. The average molecular weight is 511 g/mol. The third-order valence-electron chi connectivity index (χ3n) is 6.94. The van der Waals surface area contributed by atoms with Gasteiger partial charge in [0.05, 0.1) is 23.2 Å². The van der Waals surface area contributed by atoms with Crippen molar-refractivity contribution in [1.82, 2.24) is 9.88 Å². The number of nitrogens with one attached hydrogen (secondary N) is 1. The first-order chi connectivity index (χ1) is 17.1. The Kier molecular flexibility index (Phi) is 7.65. The molecule has 192 valence electrons. The SMILES string of the molecule is CC1=C(C(=O)OC(C)C)C(c2cc(-n3c(C)ccc3C)ccc2Cl)C(C(=O)OC2CCCC2)=C(C)N1. The van der Waals surface area contributed by atoms with Crippen LogP contribution in [0.2, 0.25) is 5.02 Å². The molecule has 36 heavy (non-hydrogen) atoms. The second-order valence-electron chi connectivity index (χ2n) is 10.1. The van der Waals surface area contributed by atoms with Gasteiger partial charge in [0.2, 0.25) is 0 Å². The minimum absolute atomic E-state index is 0.108. The number of benzene rings is 1. The second kappa shape index (κ2) is 10.6. The Bertz CT molecular complexity index is 1230. The van der Waals surface area contributed by atoms with E-state index in [2.05, 4.69) is 22.0 Å². The average Bonchev–Trinajstić information content (AvgIpc) is 3.42. The molecule has 6 nitrogen and oxygen atoms in total. The van der Waals surface area contributed by atoms with Crippen molar-refractivity contribution in [2.45, 2.75) is 85.4 Å². The van der Waals surface area contributed by atoms with Gasteiger partial charge < -0.3 is 19.4 Å². The molecule has 1 N–H and O–H groups in total. The number of allylic oxidation sites excluding steroid dienone is 2. The molecule has 1 saturated carbocycles. The first-order valence-electron chi connectivity index (χ1n) is 12.6. The summed E-state index contributed by atoms with van der Waals surface area (Å²) in [6.07, 6.45) is 3.39. The molecule has 0 saturated heterocycles. The topological polar surface area (TPSA) is 69.6 Å². The van der Waals surface area contributed by atoms with Crippen LogP contribution in [0.1, 0.15) is 76.2 Å². The number of aromatic nitrogens is 1. The highest BCUT2D eigenvalue weighted by molar-refractivity contribution is 6.31. The quantitative estimate of drug-likeness (QED) is 0.454. The summed E-state index contributed by atoms with van der Waals surface area (Å²) < 4.78 is 13.7. The minimum Gasteiger partial charge on any atom is -0.460 e. The number of hydrogen-bond donors (Lipinski definition) is 1. The number of halogens is 1. The van der Waals surface area contributed by atoms with Crippen LogP contribution in [0.4, 0.5) is 0 Å². The first kappa shape index (κ1) is 26.1. The number of aryl methyl sites for hydroxylation is 2. The Morgan fingerprint density at radius 3 is 2.11 bits per heavy atom. The highest BCUT2D eigenvalue weighted by Crippen LogP contribution is 2.43. The van der Waals surface area contributed by atoms with Gasteiger partial charge in [-0.2, -0.15) is 0 Å². The predicted octanol–water partition coefficient (Wildman–Crippen LogP) is 6.42. The van der Waals surface area contributed by atoms with E-state index in [0.29, 0.717) is 33.1 Å². The zero-order valence-corrected chi connectivity index (χ0v) is 22.7. The van der Waals surface area contributed by atoms with Gasteiger partial charge in [0.25, 0.3) is 0 Å². The molecule has 1 aliphatic heterocycles. The Hall–Kier alpha value is -2.99. The van der Waals surface area contributed by atoms with E-state index in [1.165, 1.54) is 0 Å². The Morgan fingerprint density at radius 1 is 0.944 bits per heavy atom. The molecule has 0 amide bonds. The molecular weight excluding hydrogens is 476 g/mol. The van der Waals surface area contributed by atoms with E-state index in [9.17, 15) is 9.59 Å². The van der Waals surface area contributed by atoms with Crippen LogP contribution >= 0.6 is 11.6 Å². The van der Waals surface area contributed by atoms with Crippen molar-refractivity contribution in [2.24, 2.45) is 0 Å². The molecule has 7 heteroatoms. The number of esters is 2. The smallest absolute Gasteiger partial charge is 0.337 e. The van der Waals surface area contributed by atoms with E-state index >= 15 is 0 Å². The van der Waals surface area contributed by atoms with Gasteiger partial charge in [-0.15, -0.1) is 0 Å². The lowest BCUT2D eigenvalue weighted by Gasteiger charge is -2.32. The highest BCUT2D eigenvalue weighted by Gasteiger charge is 2.40. The van der Waals surface area contributed by atoms with Gasteiger partial charge in [0, 0.05) is 33.5 Å². The molecule has 0 spiro atoms. The van der Waals surface area contributed by atoms with Crippen LogP contribution in [0.15, 0.2) is 52.9 Å². The van der Waals surface area contributed by atoms with Crippen LogP contribution in [-0.4, -0.2) is 28.7 Å². The lowest BCUT2D eigenvalue weighted by atomic mass is 9.80. The molecule has 1 aromatic heterocycles. The Labute approximate surface area is 218 Å². The summed E-state index contributed by atoms with van der Waals surface area (Å²) in [6, 6.07) is 9.84. The van der Waals surface area contributed by atoms with Crippen molar-refractivity contribution < 1.29 is 19.1 Å². The van der Waals surface area contributed by atoms with Gasteiger partial charge in [-0.3, -0.25) is 0 Å². The maximum Gasteiger partial charge on any atom is 0.337 e. The molecule has 1 fully saturated rings. The van der Waals surface area contributed by atoms with Crippen LogP contribution in [-0.2, 0) is 19.1 Å². The normalized spacial score (nSPS) is 18.6. The van der Waals surface area contributed by atoms with Crippen molar-refractivity contribution in [3.8, 4) is 5.69 Å². The lowest BCUT2D eigenvalue weighted by Crippen LogP contribution is -2.34. The van der Waals surface area contributed by atoms with E-state index in [1.54, 1.807) is 13.8 Å². The van der Waals surface area contributed by atoms with E-state index in [1.807, 2.05) is 45.9 Å². The molecule has 4 rings (SSSR count). The molecule has 1 atom stereocenters. The van der Waals surface area contributed by atoms with E-state index in [0.717, 1.165) is 42.8 Å². The number of ether oxygens (including phenoxy) is 2. The summed E-state index contributed by atoms with van der Waals surface area (Å²) in [5, 5.41) is 3.70. The van der Waals surface area contributed by atoms with Gasteiger partial charge in [-0.25, -0.2) is 9.59 Å². The first-order valence-corrected chi connectivity index (χ1v) is 13.0. The molecule has 1 aliphatic carbocycles. The number of dihydropyridines is 1. The van der Waals surface area contributed by atoms with E-state index < -0.39 is 17.9 Å². The maximum absolute atomic E-state index is 13.6. The second-order valence-corrected chi connectivity index (χ2v) is 10.5. The summed E-state index contributed by atoms with van der Waals surface area (Å²) in [5.74, 6) is -1.63. The van der Waals surface area contributed by atoms with Crippen LogP contribution < -0.4 is 5.32 Å². The molecular formula is C29H35ClN2O4. The molecule has 1 unspecified atom stereocenters. The van der Waals surface area contributed by atoms with Gasteiger partial charge in [-0.1, -0.05) is 11.6 Å². The molecule has 1 aromatic carbocycles. The molecule has 2 aromatic rings. The standard InChI is InChI=1S/C29H35ClN2O4/c1-16(2)35-28(33)25-19(5)31-20(6)26(29(34)36-22-9-7-8-10-22)27(25)23-15-21(13-14-24(23)30)32-17(3)11-12-18(32)4/h11-16,22,27,31H,7-10H2,1-6H3. The third kappa shape index (κ3) is 5.10. The number of nitrogens with zero attached hydrogens (tertiary/aromatic N) is 1. The van der Waals surface area contributed by atoms with Crippen molar-refractivity contribution in [1.29, 1.82) is 0 Å². The lowest BCUT2D eigenvalue weighted by molar-refractivity contribution is -0.144. The molecule has 2 aliphatic rings. The summed E-state index contributed by atoms with van der Waals surface area (Å²) >= 11 is 6.80. The Morgan fingerprint density at radius 2 is 1.53 bits per heavy atom. The van der Waals surface area contributed by atoms with Crippen molar-refractivity contribution >= 4 is 23.5 Å². The monoisotopic (exact) mass is 510 g/mol. The van der Waals surface area contributed by atoms with Gasteiger partial charge in [0.1, 0.15) is 6.10 Å². The number of rotatable bonds is 6. The number of carbonyl (C=O) groups is 2. The summed E-state index contributed by atoms with van der Waals surface area (Å²) in [5.41, 5.74) is 5.76. The van der Waals surface area contributed by atoms with Crippen LogP contribution in [0.25, 0.3) is 5.69 Å². The fraction of sp³-hybridized carbons (Fsp3) is 0.448. The van der Waals surface area contributed by atoms with Crippen molar-refractivity contribution in [3.05, 3.63) is 74.8 Å². The largest absolute Gasteiger partial charge is 0.460 e. The van der Waals surface area contributed by atoms with Crippen LogP contribution in [0, 0.1) is 13.8 Å². The minimum atomic E-state index is -0.727. The van der Waals surface area contributed by atoms with E-state index in [-0.39, 0.29) is 12.2 Å². The zero-order valence-electron chi connectivity index (χ0n) is 21.9. The van der Waals surface area contributed by atoms with Crippen LogP contribution in [0.3, 0.4) is 0 Å². The summed E-state index contributed by atoms with van der Waals surface area (Å²) in [7, 11) is 0. The Balaban J connectivity index is 1.87. The van der Waals surface area contributed by atoms with Gasteiger partial charge >= 0.3 is 11.9 Å². The zero-order chi connectivity index (χ0) is 26.1. The number of carbonyl (C=O) groups excluding carboxylic acids is 2.